The Morgan fingerprint density at radius 1 is 1.33 bits per heavy atom. The number of aromatic nitrogens is 2. The smallest absolute Gasteiger partial charge is 0.158 e. The van der Waals surface area contributed by atoms with Crippen LogP contribution in [-0.4, -0.2) is 36.7 Å². The highest BCUT2D eigenvalue weighted by Gasteiger charge is 2.23. The van der Waals surface area contributed by atoms with Gasteiger partial charge in [0.1, 0.15) is 18.2 Å². The predicted octanol–water partition coefficient (Wildman–Crippen LogP) is 2.93. The van der Waals surface area contributed by atoms with E-state index in [4.69, 9.17) is 4.74 Å². The minimum atomic E-state index is 0.474. The number of anilines is 2. The maximum Gasteiger partial charge on any atom is 0.158 e. The molecule has 5 heteroatoms. The quantitative estimate of drug-likeness (QED) is 0.873. The first-order chi connectivity index (χ1) is 10.1. The highest BCUT2D eigenvalue weighted by molar-refractivity contribution is 5.49. The van der Waals surface area contributed by atoms with E-state index in [0.717, 1.165) is 42.4 Å². The first-order valence-electron chi connectivity index (χ1n) is 8.02. The van der Waals surface area contributed by atoms with E-state index in [1.54, 1.807) is 0 Å². The fourth-order valence-electron chi connectivity index (χ4n) is 2.83. The second-order valence-electron chi connectivity index (χ2n) is 5.98. The van der Waals surface area contributed by atoms with Crippen molar-refractivity contribution in [2.75, 3.05) is 37.0 Å². The zero-order valence-electron chi connectivity index (χ0n) is 13.7. The van der Waals surface area contributed by atoms with E-state index < -0.39 is 0 Å². The molecule has 0 saturated carbocycles. The van der Waals surface area contributed by atoms with Crippen LogP contribution in [0.5, 0.6) is 0 Å². The zero-order valence-corrected chi connectivity index (χ0v) is 13.7. The summed E-state index contributed by atoms with van der Waals surface area (Å²) in [6, 6.07) is 2.03. The first kappa shape index (κ1) is 16.0. The fourth-order valence-corrected chi connectivity index (χ4v) is 2.83. The van der Waals surface area contributed by atoms with Crippen LogP contribution in [0.3, 0.4) is 0 Å². The van der Waals surface area contributed by atoms with Gasteiger partial charge in [0.25, 0.3) is 0 Å². The van der Waals surface area contributed by atoms with Crippen LogP contribution in [0.1, 0.15) is 39.4 Å². The van der Waals surface area contributed by atoms with E-state index >= 15 is 0 Å². The summed E-state index contributed by atoms with van der Waals surface area (Å²) in [6.07, 6.45) is 2.49. The molecule has 5 nitrogen and oxygen atoms in total. The van der Waals surface area contributed by atoms with Crippen molar-refractivity contribution in [3.63, 3.8) is 0 Å². The molecule has 0 radical (unpaired) electrons. The maximum atomic E-state index is 5.44. The van der Waals surface area contributed by atoms with Gasteiger partial charge in [0.2, 0.25) is 0 Å². The number of rotatable bonds is 6. The molecule has 2 heterocycles. The summed E-state index contributed by atoms with van der Waals surface area (Å²) in [6.45, 7) is 9.95. The van der Waals surface area contributed by atoms with Crippen molar-refractivity contribution < 1.29 is 4.74 Å². The molecule has 1 aromatic heterocycles. The highest BCUT2D eigenvalue weighted by atomic mass is 16.5. The van der Waals surface area contributed by atoms with E-state index in [1.807, 2.05) is 20.0 Å². The van der Waals surface area contributed by atoms with Gasteiger partial charge in [-0.25, -0.2) is 9.97 Å². The summed E-state index contributed by atoms with van der Waals surface area (Å²) >= 11 is 0. The van der Waals surface area contributed by atoms with E-state index in [-0.39, 0.29) is 0 Å². The normalized spacial score (nSPS) is 16.5. The molecule has 1 aliphatic heterocycles. The monoisotopic (exact) mass is 292 g/mol. The second kappa shape index (κ2) is 7.59. The van der Waals surface area contributed by atoms with E-state index in [2.05, 4.69) is 34.0 Å². The molecule has 0 aliphatic carbocycles. The third-order valence-electron chi connectivity index (χ3n) is 4.26. The van der Waals surface area contributed by atoms with E-state index in [9.17, 15) is 0 Å². The molecular formula is C16H28N4O. The van der Waals surface area contributed by atoms with Crippen molar-refractivity contribution in [2.45, 2.75) is 40.2 Å². The summed E-state index contributed by atoms with van der Waals surface area (Å²) in [5.41, 5.74) is 0. The van der Waals surface area contributed by atoms with Crippen LogP contribution in [0.25, 0.3) is 0 Å². The Labute approximate surface area is 128 Å². The molecule has 0 atom stereocenters. The number of nitrogens with zero attached hydrogens (tertiary/aromatic N) is 3. The lowest BCUT2D eigenvalue weighted by Gasteiger charge is -2.34. The van der Waals surface area contributed by atoms with Crippen molar-refractivity contribution in [3.8, 4) is 0 Å². The average molecular weight is 292 g/mol. The van der Waals surface area contributed by atoms with Gasteiger partial charge in [0.15, 0.2) is 5.82 Å². The van der Waals surface area contributed by atoms with Gasteiger partial charge in [-0.2, -0.15) is 0 Å². The molecular weight excluding hydrogens is 264 g/mol. The Bertz CT molecular complexity index is 442. The predicted molar refractivity (Wildman–Crippen MR) is 86.7 cm³/mol. The molecule has 0 spiro atoms. The topological polar surface area (TPSA) is 50.3 Å². The standard InChI is InChI=1S/C16H28N4O/c1-5-21-11-15-18-14(17-4)10-16(19-15)20-8-6-13(7-9-20)12(2)3/h10,12-13H,5-9,11H2,1-4H3,(H,17,18,19). The molecule has 1 saturated heterocycles. The van der Waals surface area contributed by atoms with Gasteiger partial charge in [0, 0.05) is 32.8 Å². The lowest BCUT2D eigenvalue weighted by molar-refractivity contribution is 0.128. The van der Waals surface area contributed by atoms with Crippen molar-refractivity contribution in [1.29, 1.82) is 0 Å². The van der Waals surface area contributed by atoms with Crippen molar-refractivity contribution >= 4 is 11.6 Å². The molecule has 0 bridgehead atoms. The lowest BCUT2D eigenvalue weighted by atomic mass is 9.87. The minimum Gasteiger partial charge on any atom is -0.374 e. The van der Waals surface area contributed by atoms with Crippen LogP contribution >= 0.6 is 0 Å². The number of hydrogen-bond acceptors (Lipinski definition) is 5. The third-order valence-corrected chi connectivity index (χ3v) is 4.26. The SMILES string of the molecule is CCOCc1nc(NC)cc(N2CCC(C(C)C)CC2)n1. The molecule has 1 N–H and O–H groups in total. The number of hydrogen-bond donors (Lipinski definition) is 1. The van der Waals surface area contributed by atoms with Crippen LogP contribution in [0.4, 0.5) is 11.6 Å². The van der Waals surface area contributed by atoms with Gasteiger partial charge in [0.05, 0.1) is 0 Å². The Morgan fingerprint density at radius 3 is 2.62 bits per heavy atom. The number of piperidine rings is 1. The maximum absolute atomic E-state index is 5.44. The van der Waals surface area contributed by atoms with Crippen LogP contribution in [-0.2, 0) is 11.3 Å². The van der Waals surface area contributed by atoms with Gasteiger partial charge < -0.3 is 15.0 Å². The van der Waals surface area contributed by atoms with Gasteiger partial charge >= 0.3 is 0 Å². The minimum absolute atomic E-state index is 0.474. The largest absolute Gasteiger partial charge is 0.374 e. The van der Waals surface area contributed by atoms with Crippen LogP contribution in [0, 0.1) is 11.8 Å². The van der Waals surface area contributed by atoms with Crippen LogP contribution in [0.15, 0.2) is 6.07 Å². The molecule has 1 fully saturated rings. The van der Waals surface area contributed by atoms with Crippen molar-refractivity contribution in [1.82, 2.24) is 9.97 Å². The molecule has 118 valence electrons. The molecule has 1 aromatic rings. The number of ether oxygens (including phenoxy) is 1. The number of nitrogens with one attached hydrogen (secondary N) is 1. The lowest BCUT2D eigenvalue weighted by Crippen LogP contribution is -2.36. The van der Waals surface area contributed by atoms with Crippen molar-refractivity contribution in [3.05, 3.63) is 11.9 Å². The average Bonchev–Trinajstić information content (AvgIpc) is 2.52. The molecule has 1 aliphatic rings. The molecule has 21 heavy (non-hydrogen) atoms. The van der Waals surface area contributed by atoms with Crippen LogP contribution < -0.4 is 10.2 Å². The van der Waals surface area contributed by atoms with Crippen LogP contribution in [0.2, 0.25) is 0 Å². The second-order valence-corrected chi connectivity index (χ2v) is 5.98. The molecule has 0 amide bonds. The third kappa shape index (κ3) is 4.30. The van der Waals surface area contributed by atoms with E-state index in [1.165, 1.54) is 12.8 Å². The van der Waals surface area contributed by atoms with E-state index in [0.29, 0.717) is 13.2 Å². The Kier molecular flexibility index (Phi) is 5.79. The molecule has 0 aromatic carbocycles. The summed E-state index contributed by atoms with van der Waals surface area (Å²) in [5.74, 6) is 4.25. The van der Waals surface area contributed by atoms with Gasteiger partial charge in [-0.05, 0) is 31.6 Å². The highest BCUT2D eigenvalue weighted by Crippen LogP contribution is 2.27. The van der Waals surface area contributed by atoms with Crippen molar-refractivity contribution in [2.24, 2.45) is 11.8 Å². The fraction of sp³-hybridized carbons (Fsp3) is 0.750. The van der Waals surface area contributed by atoms with Gasteiger partial charge in [-0.1, -0.05) is 13.8 Å². The first-order valence-corrected chi connectivity index (χ1v) is 8.02. The zero-order chi connectivity index (χ0) is 15.2. The van der Waals surface area contributed by atoms with Gasteiger partial charge in [-0.3, -0.25) is 0 Å². The summed E-state index contributed by atoms with van der Waals surface area (Å²) in [5, 5.41) is 3.12. The molecule has 0 unspecified atom stereocenters. The summed E-state index contributed by atoms with van der Waals surface area (Å²) in [7, 11) is 1.89. The molecule has 2 rings (SSSR count). The Balaban J connectivity index is 2.08. The summed E-state index contributed by atoms with van der Waals surface area (Å²) < 4.78 is 5.44. The summed E-state index contributed by atoms with van der Waals surface area (Å²) in [4.78, 5) is 11.5. The Hall–Kier alpha value is -1.36. The Morgan fingerprint density at radius 2 is 2.05 bits per heavy atom. The van der Waals surface area contributed by atoms with Gasteiger partial charge in [-0.15, -0.1) is 0 Å².